The molecule has 2 aliphatic heterocycles. The fourth-order valence-electron chi connectivity index (χ4n) is 5.89. The zero-order valence-electron chi connectivity index (χ0n) is 20.9. The molecule has 9 nitrogen and oxygen atoms in total. The molecule has 1 aliphatic carbocycles. The Hall–Kier alpha value is -3.49. The van der Waals surface area contributed by atoms with Crippen LogP contribution in [0.3, 0.4) is 0 Å². The Balaban J connectivity index is 1.29. The summed E-state index contributed by atoms with van der Waals surface area (Å²) in [4.78, 5) is 40.9. The van der Waals surface area contributed by atoms with Gasteiger partial charge in [0.05, 0.1) is 14.2 Å². The topological polar surface area (TPSA) is 102 Å². The Morgan fingerprint density at radius 1 is 0.917 bits per heavy atom. The van der Waals surface area contributed by atoms with Crippen molar-refractivity contribution in [2.45, 2.75) is 51.0 Å². The molecule has 2 bridgehead atoms. The number of likely N-dealkylation sites (tertiary alicyclic amines) is 1. The van der Waals surface area contributed by atoms with E-state index >= 15 is 0 Å². The Kier molecular flexibility index (Phi) is 6.89. The number of ether oxygens (including phenoxy) is 2. The van der Waals surface area contributed by atoms with Crippen LogP contribution in [0.25, 0.3) is 0 Å². The summed E-state index contributed by atoms with van der Waals surface area (Å²) < 4.78 is 12.4. The Morgan fingerprint density at radius 2 is 1.64 bits per heavy atom. The third kappa shape index (κ3) is 4.92. The Bertz CT molecular complexity index is 1180. The highest BCUT2D eigenvalue weighted by atomic mass is 16.5. The van der Waals surface area contributed by atoms with E-state index < -0.39 is 0 Å². The summed E-state index contributed by atoms with van der Waals surface area (Å²) in [5.74, 6) is 1.39. The molecule has 192 valence electrons. The fraction of sp³-hybridized carbons (Fsp3) is 0.519. The first-order valence-electron chi connectivity index (χ1n) is 12.8. The molecular formula is C27H34N4O5. The SMILES string of the molecule is COc1cc(NC(=O)N2C[C@H]3C[C@H](C2)c2ccc(NC(=O)C4CCCCC4)c(=O)n2C3)cc(OC)c1. The molecule has 1 saturated carbocycles. The minimum Gasteiger partial charge on any atom is -0.497 e. The van der Waals surface area contributed by atoms with Crippen molar-refractivity contribution in [2.75, 3.05) is 37.9 Å². The first-order valence-corrected chi connectivity index (χ1v) is 12.8. The van der Waals surface area contributed by atoms with Gasteiger partial charge in [-0.3, -0.25) is 9.59 Å². The van der Waals surface area contributed by atoms with Crippen LogP contribution in [0.15, 0.2) is 35.1 Å². The minimum atomic E-state index is -0.188. The van der Waals surface area contributed by atoms with E-state index in [2.05, 4.69) is 10.6 Å². The van der Waals surface area contributed by atoms with E-state index in [-0.39, 0.29) is 35.3 Å². The number of nitrogens with zero attached hydrogens (tertiary/aromatic N) is 2. The van der Waals surface area contributed by atoms with Crippen molar-refractivity contribution in [3.63, 3.8) is 0 Å². The lowest BCUT2D eigenvalue weighted by Gasteiger charge is -2.42. The number of pyridine rings is 1. The minimum absolute atomic E-state index is 0.00446. The van der Waals surface area contributed by atoms with Gasteiger partial charge in [0, 0.05) is 61.1 Å². The van der Waals surface area contributed by atoms with E-state index in [1.807, 2.05) is 11.0 Å². The van der Waals surface area contributed by atoms with Gasteiger partial charge in [-0.15, -0.1) is 0 Å². The number of hydrogen-bond acceptors (Lipinski definition) is 5. The van der Waals surface area contributed by atoms with Gasteiger partial charge in [0.15, 0.2) is 0 Å². The van der Waals surface area contributed by atoms with Gasteiger partial charge in [0.25, 0.3) is 5.56 Å². The molecule has 5 rings (SSSR count). The number of carbonyl (C=O) groups is 2. The summed E-state index contributed by atoms with van der Waals surface area (Å²) in [5, 5.41) is 5.86. The number of aromatic nitrogens is 1. The second-order valence-electron chi connectivity index (χ2n) is 10.1. The van der Waals surface area contributed by atoms with Crippen LogP contribution in [0.1, 0.15) is 50.1 Å². The van der Waals surface area contributed by atoms with Crippen LogP contribution >= 0.6 is 0 Å². The molecule has 1 saturated heterocycles. The number of methoxy groups -OCH3 is 2. The van der Waals surface area contributed by atoms with E-state index in [0.29, 0.717) is 42.5 Å². The van der Waals surface area contributed by atoms with Crippen LogP contribution in [-0.2, 0) is 11.3 Å². The van der Waals surface area contributed by atoms with Gasteiger partial charge in [0.1, 0.15) is 17.2 Å². The van der Waals surface area contributed by atoms with Crippen molar-refractivity contribution in [1.82, 2.24) is 9.47 Å². The van der Waals surface area contributed by atoms with Gasteiger partial charge >= 0.3 is 6.03 Å². The Morgan fingerprint density at radius 3 is 2.33 bits per heavy atom. The second kappa shape index (κ2) is 10.2. The molecule has 0 radical (unpaired) electrons. The molecule has 2 fully saturated rings. The molecule has 9 heteroatoms. The molecule has 3 aliphatic rings. The quantitative estimate of drug-likeness (QED) is 0.653. The smallest absolute Gasteiger partial charge is 0.321 e. The van der Waals surface area contributed by atoms with Crippen molar-refractivity contribution < 1.29 is 19.1 Å². The van der Waals surface area contributed by atoms with Crippen LogP contribution in [0.4, 0.5) is 16.2 Å². The van der Waals surface area contributed by atoms with Crippen molar-refractivity contribution in [3.8, 4) is 11.5 Å². The average Bonchev–Trinajstić information content (AvgIpc) is 2.90. The van der Waals surface area contributed by atoms with Gasteiger partial charge in [-0.2, -0.15) is 0 Å². The molecule has 0 spiro atoms. The predicted molar refractivity (Wildman–Crippen MR) is 137 cm³/mol. The highest BCUT2D eigenvalue weighted by molar-refractivity contribution is 5.92. The molecule has 3 heterocycles. The lowest BCUT2D eigenvalue weighted by Crippen LogP contribution is -2.50. The van der Waals surface area contributed by atoms with Crippen LogP contribution in [0.2, 0.25) is 0 Å². The van der Waals surface area contributed by atoms with Crippen LogP contribution in [0, 0.1) is 11.8 Å². The summed E-state index contributed by atoms with van der Waals surface area (Å²) in [6.45, 7) is 1.62. The van der Waals surface area contributed by atoms with Crippen molar-refractivity contribution >= 4 is 23.3 Å². The molecule has 2 N–H and O–H groups in total. The number of fused-ring (bicyclic) bond motifs is 4. The molecule has 1 aromatic heterocycles. The highest BCUT2D eigenvalue weighted by Gasteiger charge is 2.37. The number of carbonyl (C=O) groups excluding carboxylic acids is 2. The maximum Gasteiger partial charge on any atom is 0.321 e. The van der Waals surface area contributed by atoms with Gasteiger partial charge in [-0.1, -0.05) is 19.3 Å². The van der Waals surface area contributed by atoms with E-state index in [1.54, 1.807) is 43.1 Å². The molecule has 2 aromatic rings. The molecule has 0 unspecified atom stereocenters. The molecule has 2 atom stereocenters. The highest BCUT2D eigenvalue weighted by Crippen LogP contribution is 2.36. The summed E-state index contributed by atoms with van der Waals surface area (Å²) in [6.07, 6.45) is 6.03. The van der Waals surface area contributed by atoms with Crippen LogP contribution in [-0.4, -0.2) is 48.7 Å². The standard InChI is InChI=1S/C27H34N4O5/c1-35-21-11-20(12-22(13-21)36-2)28-27(34)30-14-17-10-19(16-30)24-9-8-23(26(33)31(24)15-17)29-25(32)18-6-4-3-5-7-18/h8-9,11-13,17-19H,3-7,10,14-16H2,1-2H3,(H,28,34)(H,29,32)/t17-,19-/m1/s1. The van der Waals surface area contributed by atoms with Gasteiger partial charge in [-0.05, 0) is 37.3 Å². The lowest BCUT2D eigenvalue weighted by atomic mass is 9.83. The van der Waals surface area contributed by atoms with E-state index in [4.69, 9.17) is 9.47 Å². The largest absolute Gasteiger partial charge is 0.497 e. The molecular weight excluding hydrogens is 460 g/mol. The number of anilines is 2. The third-order valence-corrected chi connectivity index (χ3v) is 7.73. The number of urea groups is 1. The third-order valence-electron chi connectivity index (χ3n) is 7.73. The van der Waals surface area contributed by atoms with E-state index in [9.17, 15) is 14.4 Å². The number of rotatable bonds is 5. The van der Waals surface area contributed by atoms with Gasteiger partial charge < -0.3 is 29.6 Å². The summed E-state index contributed by atoms with van der Waals surface area (Å²) in [5.41, 5.74) is 1.73. The number of piperidine rings is 1. The number of hydrogen-bond donors (Lipinski definition) is 2. The lowest BCUT2D eigenvalue weighted by molar-refractivity contribution is -0.120. The summed E-state index contributed by atoms with van der Waals surface area (Å²) in [6, 6.07) is 8.74. The van der Waals surface area contributed by atoms with E-state index in [0.717, 1.165) is 37.8 Å². The Labute approximate surface area is 210 Å². The zero-order valence-corrected chi connectivity index (χ0v) is 20.9. The maximum absolute atomic E-state index is 13.3. The summed E-state index contributed by atoms with van der Waals surface area (Å²) >= 11 is 0. The van der Waals surface area contributed by atoms with E-state index in [1.165, 1.54) is 6.42 Å². The van der Waals surface area contributed by atoms with Crippen LogP contribution in [0.5, 0.6) is 11.5 Å². The molecule has 1 aromatic carbocycles. The average molecular weight is 495 g/mol. The first kappa shape index (κ1) is 24.2. The summed E-state index contributed by atoms with van der Waals surface area (Å²) in [7, 11) is 3.14. The molecule has 36 heavy (non-hydrogen) atoms. The number of amides is 3. The fourth-order valence-corrected chi connectivity index (χ4v) is 5.89. The maximum atomic E-state index is 13.3. The zero-order chi connectivity index (χ0) is 25.2. The number of benzene rings is 1. The normalized spacial score (nSPS) is 21.3. The molecule has 3 amide bonds. The van der Waals surface area contributed by atoms with Crippen molar-refractivity contribution in [1.29, 1.82) is 0 Å². The number of nitrogens with one attached hydrogen (secondary N) is 2. The van der Waals surface area contributed by atoms with Gasteiger partial charge in [-0.25, -0.2) is 4.79 Å². The second-order valence-corrected chi connectivity index (χ2v) is 10.1. The van der Waals surface area contributed by atoms with Gasteiger partial charge in [0.2, 0.25) is 5.91 Å². The first-order chi connectivity index (χ1) is 17.4. The van der Waals surface area contributed by atoms with Crippen molar-refractivity contribution in [3.05, 3.63) is 46.4 Å². The van der Waals surface area contributed by atoms with Crippen LogP contribution < -0.4 is 25.7 Å². The predicted octanol–water partition coefficient (Wildman–Crippen LogP) is 4.04. The van der Waals surface area contributed by atoms with Crippen molar-refractivity contribution in [2.24, 2.45) is 11.8 Å². The monoisotopic (exact) mass is 494 g/mol.